The third-order valence-electron chi connectivity index (χ3n) is 1.92. The number of rotatable bonds is 3. The topological polar surface area (TPSA) is 84.8 Å². The first-order chi connectivity index (χ1) is 7.06. The van der Waals surface area contributed by atoms with Crippen molar-refractivity contribution in [2.45, 2.75) is 0 Å². The van der Waals surface area contributed by atoms with E-state index in [2.05, 4.69) is 5.10 Å². The van der Waals surface area contributed by atoms with Crippen molar-refractivity contribution in [3.05, 3.63) is 33.9 Å². The zero-order valence-corrected chi connectivity index (χ0v) is 8.54. The molecular weight excluding hydrogens is 196 g/mol. The maximum atomic E-state index is 10.6. The number of benzene rings is 1. The van der Waals surface area contributed by atoms with Gasteiger partial charge in [0.25, 0.3) is 5.69 Å². The van der Waals surface area contributed by atoms with Gasteiger partial charge in [0.1, 0.15) is 0 Å². The third kappa shape index (κ3) is 2.43. The lowest BCUT2D eigenvalue weighted by Crippen LogP contribution is -2.11. The maximum Gasteiger partial charge on any atom is 0.270 e. The van der Waals surface area contributed by atoms with E-state index in [0.29, 0.717) is 5.56 Å². The fourth-order valence-electron chi connectivity index (χ4n) is 1.25. The zero-order chi connectivity index (χ0) is 11.4. The van der Waals surface area contributed by atoms with Crippen LogP contribution in [0.25, 0.3) is 0 Å². The second-order valence-electron chi connectivity index (χ2n) is 3.17. The summed E-state index contributed by atoms with van der Waals surface area (Å²) in [5.74, 6) is 5.04. The SMILES string of the molecule is CN(C)c1ccc([N+](=O)[O-])cc1C=NN. The molecule has 1 aromatic carbocycles. The molecule has 0 amide bonds. The highest BCUT2D eigenvalue weighted by Crippen LogP contribution is 2.22. The third-order valence-corrected chi connectivity index (χ3v) is 1.92. The summed E-state index contributed by atoms with van der Waals surface area (Å²) in [6, 6.07) is 4.55. The number of hydrogen-bond donors (Lipinski definition) is 1. The minimum atomic E-state index is -0.451. The van der Waals surface area contributed by atoms with Crippen molar-refractivity contribution in [3.8, 4) is 0 Å². The minimum Gasteiger partial charge on any atom is -0.377 e. The second kappa shape index (κ2) is 4.41. The molecule has 0 spiro atoms. The molecule has 1 aromatic rings. The molecule has 6 nitrogen and oxygen atoms in total. The summed E-state index contributed by atoms with van der Waals surface area (Å²) in [5, 5.41) is 13.9. The number of hydrazone groups is 1. The maximum absolute atomic E-state index is 10.6. The van der Waals surface area contributed by atoms with Gasteiger partial charge in [-0.15, -0.1) is 0 Å². The first-order valence-electron chi connectivity index (χ1n) is 4.25. The van der Waals surface area contributed by atoms with Crippen LogP contribution in [0, 0.1) is 10.1 Å². The fraction of sp³-hybridized carbons (Fsp3) is 0.222. The molecule has 0 aliphatic carbocycles. The van der Waals surface area contributed by atoms with Crippen molar-refractivity contribution in [1.82, 2.24) is 0 Å². The van der Waals surface area contributed by atoms with E-state index in [1.807, 2.05) is 19.0 Å². The highest BCUT2D eigenvalue weighted by atomic mass is 16.6. The number of nitro benzene ring substituents is 1. The highest BCUT2D eigenvalue weighted by molar-refractivity contribution is 5.88. The van der Waals surface area contributed by atoms with Gasteiger partial charge < -0.3 is 10.7 Å². The molecule has 6 heteroatoms. The first-order valence-corrected chi connectivity index (χ1v) is 4.25. The number of nitro groups is 1. The molecule has 15 heavy (non-hydrogen) atoms. The Morgan fingerprint density at radius 3 is 2.67 bits per heavy atom. The van der Waals surface area contributed by atoms with E-state index < -0.39 is 4.92 Å². The Labute approximate surface area is 87.1 Å². The van der Waals surface area contributed by atoms with Crippen LogP contribution in [-0.4, -0.2) is 25.2 Å². The van der Waals surface area contributed by atoms with Gasteiger partial charge in [-0.05, 0) is 6.07 Å². The largest absolute Gasteiger partial charge is 0.377 e. The molecule has 80 valence electrons. The Bertz CT molecular complexity index is 401. The smallest absolute Gasteiger partial charge is 0.270 e. The normalized spacial score (nSPS) is 10.5. The fourth-order valence-corrected chi connectivity index (χ4v) is 1.25. The Morgan fingerprint density at radius 1 is 1.53 bits per heavy atom. The van der Waals surface area contributed by atoms with Crippen molar-refractivity contribution >= 4 is 17.6 Å². The van der Waals surface area contributed by atoms with Crippen molar-refractivity contribution in [3.63, 3.8) is 0 Å². The van der Waals surface area contributed by atoms with Gasteiger partial charge in [0.15, 0.2) is 0 Å². The summed E-state index contributed by atoms with van der Waals surface area (Å²) in [5.41, 5.74) is 1.47. The van der Waals surface area contributed by atoms with Gasteiger partial charge in [0.05, 0.1) is 11.1 Å². The Kier molecular flexibility index (Phi) is 3.22. The lowest BCUT2D eigenvalue weighted by molar-refractivity contribution is -0.384. The predicted molar refractivity (Wildman–Crippen MR) is 59.2 cm³/mol. The average Bonchev–Trinajstić information content (AvgIpc) is 2.17. The monoisotopic (exact) mass is 208 g/mol. The van der Waals surface area contributed by atoms with Crippen molar-refractivity contribution in [2.24, 2.45) is 10.9 Å². The Morgan fingerprint density at radius 2 is 2.20 bits per heavy atom. The van der Waals surface area contributed by atoms with Crippen LogP contribution in [0.15, 0.2) is 23.3 Å². The summed E-state index contributed by atoms with van der Waals surface area (Å²) in [7, 11) is 3.68. The quantitative estimate of drug-likeness (QED) is 0.347. The average molecular weight is 208 g/mol. The van der Waals surface area contributed by atoms with Crippen molar-refractivity contribution in [2.75, 3.05) is 19.0 Å². The zero-order valence-electron chi connectivity index (χ0n) is 8.54. The number of nitrogens with two attached hydrogens (primary N) is 1. The molecule has 0 aliphatic rings. The van der Waals surface area contributed by atoms with Gasteiger partial charge in [0.2, 0.25) is 0 Å². The minimum absolute atomic E-state index is 0.0236. The second-order valence-corrected chi connectivity index (χ2v) is 3.17. The molecule has 1 rings (SSSR count). The van der Waals surface area contributed by atoms with E-state index >= 15 is 0 Å². The van der Waals surface area contributed by atoms with E-state index in [-0.39, 0.29) is 5.69 Å². The van der Waals surface area contributed by atoms with E-state index in [0.717, 1.165) is 5.69 Å². The van der Waals surface area contributed by atoms with Gasteiger partial charge in [-0.2, -0.15) is 5.10 Å². The Hall–Kier alpha value is -2.11. The van der Waals surface area contributed by atoms with Crippen LogP contribution in [0.5, 0.6) is 0 Å². The molecule has 0 fully saturated rings. The van der Waals surface area contributed by atoms with Crippen LogP contribution in [0.1, 0.15) is 5.56 Å². The van der Waals surface area contributed by atoms with Gasteiger partial charge in [0, 0.05) is 37.5 Å². The van der Waals surface area contributed by atoms with E-state index in [4.69, 9.17) is 5.84 Å². The molecule has 0 saturated carbocycles. The molecule has 0 bridgehead atoms. The van der Waals surface area contributed by atoms with E-state index in [9.17, 15) is 10.1 Å². The molecule has 0 radical (unpaired) electrons. The van der Waals surface area contributed by atoms with Crippen LogP contribution >= 0.6 is 0 Å². The standard InChI is InChI=1S/C9H12N4O2/c1-12(2)9-4-3-8(13(14)15)5-7(9)6-11-10/h3-6H,10H2,1-2H3. The summed E-state index contributed by atoms with van der Waals surface area (Å²) in [6.45, 7) is 0. The lowest BCUT2D eigenvalue weighted by Gasteiger charge is -2.14. The molecule has 0 aromatic heterocycles. The van der Waals surface area contributed by atoms with Crippen LogP contribution in [-0.2, 0) is 0 Å². The van der Waals surface area contributed by atoms with Gasteiger partial charge in [-0.3, -0.25) is 10.1 Å². The highest BCUT2D eigenvalue weighted by Gasteiger charge is 2.10. The van der Waals surface area contributed by atoms with Crippen LogP contribution in [0.4, 0.5) is 11.4 Å². The van der Waals surface area contributed by atoms with Crippen LogP contribution in [0.2, 0.25) is 0 Å². The summed E-state index contributed by atoms with van der Waals surface area (Å²) >= 11 is 0. The van der Waals surface area contributed by atoms with E-state index in [1.165, 1.54) is 18.3 Å². The molecular formula is C9H12N4O2. The molecule has 0 saturated heterocycles. The summed E-state index contributed by atoms with van der Waals surface area (Å²) in [4.78, 5) is 11.9. The molecule has 0 atom stereocenters. The van der Waals surface area contributed by atoms with Crippen LogP contribution < -0.4 is 10.7 Å². The Balaban J connectivity index is 3.26. The van der Waals surface area contributed by atoms with Crippen molar-refractivity contribution < 1.29 is 4.92 Å². The number of nitrogens with zero attached hydrogens (tertiary/aromatic N) is 3. The number of anilines is 1. The number of hydrogen-bond acceptors (Lipinski definition) is 5. The van der Waals surface area contributed by atoms with Gasteiger partial charge >= 0.3 is 0 Å². The van der Waals surface area contributed by atoms with Crippen LogP contribution in [0.3, 0.4) is 0 Å². The number of non-ortho nitro benzene ring substituents is 1. The molecule has 0 heterocycles. The van der Waals surface area contributed by atoms with Gasteiger partial charge in [-0.1, -0.05) is 0 Å². The molecule has 0 aliphatic heterocycles. The van der Waals surface area contributed by atoms with Crippen molar-refractivity contribution in [1.29, 1.82) is 0 Å². The lowest BCUT2D eigenvalue weighted by atomic mass is 10.1. The first kappa shape index (κ1) is 11.0. The molecule has 2 N–H and O–H groups in total. The summed E-state index contributed by atoms with van der Waals surface area (Å²) < 4.78 is 0. The predicted octanol–water partition coefficient (Wildman–Crippen LogP) is 0.953. The van der Waals surface area contributed by atoms with E-state index in [1.54, 1.807) is 6.07 Å². The molecule has 0 unspecified atom stereocenters. The summed E-state index contributed by atoms with van der Waals surface area (Å²) in [6.07, 6.45) is 1.39. The van der Waals surface area contributed by atoms with Gasteiger partial charge in [-0.25, -0.2) is 0 Å².